The van der Waals surface area contributed by atoms with E-state index in [2.05, 4.69) is 15.6 Å². The lowest BCUT2D eigenvalue weighted by Gasteiger charge is -2.05. The largest absolute Gasteiger partial charge is 0.467 e. The lowest BCUT2D eigenvalue weighted by Crippen LogP contribution is -2.24. The quantitative estimate of drug-likeness (QED) is 0.647. The Bertz CT molecular complexity index is 684. The number of nitriles is 1. The number of pyridine rings is 1. The fourth-order valence-corrected chi connectivity index (χ4v) is 1.60. The molecule has 6 heteroatoms. The molecule has 6 nitrogen and oxygen atoms in total. The Hall–Kier alpha value is -3.07. The van der Waals surface area contributed by atoms with Crippen molar-refractivity contribution in [1.82, 2.24) is 10.3 Å². The Morgan fingerprint density at radius 2 is 2.33 bits per heavy atom. The molecule has 0 bridgehead atoms. The molecule has 21 heavy (non-hydrogen) atoms. The third-order valence-electron chi connectivity index (χ3n) is 2.73. The van der Waals surface area contributed by atoms with Crippen molar-refractivity contribution in [1.29, 1.82) is 5.26 Å². The number of anilines is 1. The minimum absolute atomic E-state index is 0.0355. The van der Waals surface area contributed by atoms with Gasteiger partial charge in [0.05, 0.1) is 12.8 Å². The van der Waals surface area contributed by atoms with Crippen molar-refractivity contribution < 1.29 is 9.21 Å². The number of nitrogens with zero attached hydrogens (tertiary/aromatic N) is 2. The average molecular weight is 282 g/mol. The number of nitrogens with one attached hydrogen (secondary N) is 2. The fraction of sp³-hybridized carbons (Fsp3) is 0.133. The lowest BCUT2D eigenvalue weighted by molar-refractivity contribution is -0.117. The summed E-state index contributed by atoms with van der Waals surface area (Å²) in [5.41, 5.74) is 0.883. The number of amides is 1. The number of hydrogen-bond donors (Lipinski definition) is 2. The summed E-state index contributed by atoms with van der Waals surface area (Å²) in [6.45, 7) is 2.11. The number of carbonyl (C=O) groups is 1. The van der Waals surface area contributed by atoms with Gasteiger partial charge in [0.15, 0.2) is 0 Å². The highest BCUT2D eigenvalue weighted by atomic mass is 16.3. The van der Waals surface area contributed by atoms with Gasteiger partial charge in [0.2, 0.25) is 0 Å². The van der Waals surface area contributed by atoms with Crippen LogP contribution in [0.3, 0.4) is 0 Å². The molecule has 106 valence electrons. The third-order valence-corrected chi connectivity index (χ3v) is 2.73. The SMILES string of the molecule is Cc1cccnc1N/C=C(/C#N)C(=O)NCc1ccco1. The van der Waals surface area contributed by atoms with E-state index in [9.17, 15) is 4.79 Å². The second-order valence-electron chi connectivity index (χ2n) is 4.25. The van der Waals surface area contributed by atoms with Gasteiger partial charge in [-0.15, -0.1) is 0 Å². The molecule has 0 fully saturated rings. The average Bonchev–Trinajstić information content (AvgIpc) is 3.01. The second-order valence-corrected chi connectivity index (χ2v) is 4.25. The highest BCUT2D eigenvalue weighted by molar-refractivity contribution is 5.97. The first kappa shape index (κ1) is 14.3. The number of carbonyl (C=O) groups excluding carboxylic acids is 1. The van der Waals surface area contributed by atoms with E-state index in [1.54, 1.807) is 18.3 Å². The van der Waals surface area contributed by atoms with Crippen LogP contribution in [0.4, 0.5) is 5.82 Å². The van der Waals surface area contributed by atoms with Crippen molar-refractivity contribution in [3.63, 3.8) is 0 Å². The molecule has 0 saturated carbocycles. The predicted molar refractivity (Wildman–Crippen MR) is 76.8 cm³/mol. The van der Waals surface area contributed by atoms with Crippen LogP contribution >= 0.6 is 0 Å². The molecule has 0 aromatic carbocycles. The van der Waals surface area contributed by atoms with Crippen LogP contribution in [0.1, 0.15) is 11.3 Å². The van der Waals surface area contributed by atoms with E-state index in [0.717, 1.165) is 5.56 Å². The van der Waals surface area contributed by atoms with Gasteiger partial charge in [0.1, 0.15) is 23.2 Å². The van der Waals surface area contributed by atoms with Crippen LogP contribution in [0.15, 0.2) is 52.9 Å². The summed E-state index contributed by atoms with van der Waals surface area (Å²) < 4.78 is 5.10. The molecule has 0 aliphatic carbocycles. The van der Waals surface area contributed by atoms with Gasteiger partial charge < -0.3 is 15.1 Å². The van der Waals surface area contributed by atoms with Crippen LogP contribution in [0.2, 0.25) is 0 Å². The summed E-state index contributed by atoms with van der Waals surface area (Å²) in [7, 11) is 0. The van der Waals surface area contributed by atoms with Crippen molar-refractivity contribution in [2.45, 2.75) is 13.5 Å². The zero-order valence-electron chi connectivity index (χ0n) is 11.5. The Morgan fingerprint density at radius 1 is 1.48 bits per heavy atom. The summed E-state index contributed by atoms with van der Waals surface area (Å²) >= 11 is 0. The van der Waals surface area contributed by atoms with E-state index < -0.39 is 5.91 Å². The Morgan fingerprint density at radius 3 is 3.00 bits per heavy atom. The van der Waals surface area contributed by atoms with E-state index in [0.29, 0.717) is 11.6 Å². The number of aryl methyl sites for hydroxylation is 1. The molecule has 0 aliphatic rings. The van der Waals surface area contributed by atoms with Crippen molar-refractivity contribution in [2.75, 3.05) is 5.32 Å². The first-order valence-corrected chi connectivity index (χ1v) is 6.29. The van der Waals surface area contributed by atoms with Crippen molar-refractivity contribution in [3.05, 3.63) is 59.8 Å². The molecule has 2 rings (SSSR count). The minimum atomic E-state index is -0.477. The maximum absolute atomic E-state index is 11.9. The monoisotopic (exact) mass is 282 g/mol. The maximum Gasteiger partial charge on any atom is 0.263 e. The van der Waals surface area contributed by atoms with Crippen molar-refractivity contribution in [2.24, 2.45) is 0 Å². The summed E-state index contributed by atoms with van der Waals surface area (Å²) in [5.74, 6) is 0.744. The highest BCUT2D eigenvalue weighted by Gasteiger charge is 2.09. The van der Waals surface area contributed by atoms with E-state index in [1.807, 2.05) is 25.1 Å². The summed E-state index contributed by atoms with van der Waals surface area (Å²) in [6, 6.07) is 9.01. The van der Waals surface area contributed by atoms with Gasteiger partial charge in [-0.05, 0) is 30.7 Å². The minimum Gasteiger partial charge on any atom is -0.467 e. The Kier molecular flexibility index (Phi) is 4.72. The molecular weight excluding hydrogens is 268 g/mol. The Balaban J connectivity index is 1.98. The predicted octanol–water partition coefficient (Wildman–Crippen LogP) is 2.12. The molecule has 2 N–H and O–H groups in total. The number of furan rings is 1. The van der Waals surface area contributed by atoms with Crippen LogP contribution in [0.25, 0.3) is 0 Å². The summed E-state index contributed by atoms with van der Waals surface area (Å²) in [6.07, 6.45) is 4.49. The standard InChI is InChI=1S/C15H14N4O2/c1-11-4-2-6-17-14(11)18-9-12(8-16)15(20)19-10-13-5-3-7-21-13/h2-7,9H,10H2,1H3,(H,17,18)(H,19,20)/b12-9-. The molecule has 2 aromatic heterocycles. The first-order chi connectivity index (χ1) is 10.2. The zero-order valence-corrected chi connectivity index (χ0v) is 11.5. The number of rotatable bonds is 5. The van der Waals surface area contributed by atoms with Crippen LogP contribution < -0.4 is 10.6 Å². The van der Waals surface area contributed by atoms with Gasteiger partial charge in [-0.3, -0.25) is 4.79 Å². The Labute approximate surface area is 122 Å². The fourth-order valence-electron chi connectivity index (χ4n) is 1.60. The van der Waals surface area contributed by atoms with Gasteiger partial charge in [-0.2, -0.15) is 5.26 Å². The molecule has 0 aliphatic heterocycles. The molecule has 0 radical (unpaired) electrons. The lowest BCUT2D eigenvalue weighted by atomic mass is 10.2. The molecular formula is C15H14N4O2. The third kappa shape index (κ3) is 3.94. The van der Waals surface area contributed by atoms with Crippen LogP contribution in [-0.2, 0) is 11.3 Å². The molecule has 1 amide bonds. The molecule has 0 spiro atoms. The van der Waals surface area contributed by atoms with Crippen LogP contribution in [0, 0.1) is 18.3 Å². The first-order valence-electron chi connectivity index (χ1n) is 6.29. The van der Waals surface area contributed by atoms with Gasteiger partial charge in [0.25, 0.3) is 5.91 Å². The van der Waals surface area contributed by atoms with Gasteiger partial charge in [-0.25, -0.2) is 4.98 Å². The second kappa shape index (κ2) is 6.91. The van der Waals surface area contributed by atoms with Gasteiger partial charge >= 0.3 is 0 Å². The molecule has 0 saturated heterocycles. The smallest absolute Gasteiger partial charge is 0.263 e. The highest BCUT2D eigenvalue weighted by Crippen LogP contribution is 2.09. The van der Waals surface area contributed by atoms with Crippen LogP contribution in [-0.4, -0.2) is 10.9 Å². The summed E-state index contributed by atoms with van der Waals surface area (Å²) in [4.78, 5) is 16.0. The zero-order chi connectivity index (χ0) is 15.1. The number of hydrogen-bond acceptors (Lipinski definition) is 5. The normalized spacial score (nSPS) is 10.8. The van der Waals surface area contributed by atoms with E-state index in [-0.39, 0.29) is 12.1 Å². The van der Waals surface area contributed by atoms with Gasteiger partial charge in [-0.1, -0.05) is 6.07 Å². The topological polar surface area (TPSA) is 91.0 Å². The van der Waals surface area contributed by atoms with Crippen LogP contribution in [0.5, 0.6) is 0 Å². The van der Waals surface area contributed by atoms with E-state index >= 15 is 0 Å². The number of aromatic nitrogens is 1. The van der Waals surface area contributed by atoms with Gasteiger partial charge in [0, 0.05) is 12.4 Å². The van der Waals surface area contributed by atoms with Crippen molar-refractivity contribution in [3.8, 4) is 6.07 Å². The molecule has 0 atom stereocenters. The maximum atomic E-state index is 11.9. The molecule has 2 heterocycles. The van der Waals surface area contributed by atoms with E-state index in [4.69, 9.17) is 9.68 Å². The summed E-state index contributed by atoms with van der Waals surface area (Å²) in [5, 5.41) is 14.5. The molecule has 2 aromatic rings. The molecule has 0 unspecified atom stereocenters. The van der Waals surface area contributed by atoms with E-state index in [1.165, 1.54) is 12.5 Å². The van der Waals surface area contributed by atoms with Crippen molar-refractivity contribution >= 4 is 11.7 Å².